The molecule has 2 aromatic rings. The van der Waals surface area contributed by atoms with E-state index < -0.39 is 0 Å². The minimum absolute atomic E-state index is 0.700. The molecular weight excluding hydrogens is 248 g/mol. The van der Waals surface area contributed by atoms with E-state index in [2.05, 4.69) is 60.9 Å². The molecule has 2 aromatic carbocycles. The Morgan fingerprint density at radius 2 is 1.53 bits per heavy atom. The molecule has 1 saturated carbocycles. The van der Waals surface area contributed by atoms with Crippen molar-refractivity contribution in [3.8, 4) is 0 Å². The second-order valence-electron chi connectivity index (χ2n) is 5.30. The molecule has 2 unspecified atom stereocenters. The van der Waals surface area contributed by atoms with E-state index in [-0.39, 0.29) is 0 Å². The summed E-state index contributed by atoms with van der Waals surface area (Å²) in [6.45, 7) is 0. The average molecular weight is 268 g/mol. The van der Waals surface area contributed by atoms with Gasteiger partial charge in [0.15, 0.2) is 0 Å². The molecule has 0 N–H and O–H groups in total. The summed E-state index contributed by atoms with van der Waals surface area (Å²) in [5, 5.41) is 0. The molecule has 3 rings (SSSR count). The summed E-state index contributed by atoms with van der Waals surface area (Å²) in [4.78, 5) is 1.45. The molecule has 1 aliphatic rings. The van der Waals surface area contributed by atoms with Gasteiger partial charge in [0.1, 0.15) is 0 Å². The summed E-state index contributed by atoms with van der Waals surface area (Å²) < 4.78 is 0. The Bertz CT molecular complexity index is 532. The quantitative estimate of drug-likeness (QED) is 0.666. The van der Waals surface area contributed by atoms with Crippen molar-refractivity contribution in [1.29, 1.82) is 0 Å². The molecule has 19 heavy (non-hydrogen) atoms. The lowest BCUT2D eigenvalue weighted by molar-refractivity contribution is 0.615. The van der Waals surface area contributed by atoms with E-state index >= 15 is 0 Å². The van der Waals surface area contributed by atoms with Crippen molar-refractivity contribution in [2.75, 3.05) is 6.26 Å². The molecule has 0 bridgehead atoms. The Hall–Kier alpha value is -1.21. The SMILES string of the molecule is CSc1ccccc1C1CCCC1c1ccccc1. The zero-order valence-corrected chi connectivity index (χ0v) is 12.2. The third-order valence-corrected chi connectivity index (χ3v) is 5.09. The van der Waals surface area contributed by atoms with Gasteiger partial charge in [-0.3, -0.25) is 0 Å². The highest BCUT2D eigenvalue weighted by molar-refractivity contribution is 7.98. The van der Waals surface area contributed by atoms with Crippen LogP contribution in [-0.4, -0.2) is 6.26 Å². The van der Waals surface area contributed by atoms with Gasteiger partial charge in [-0.15, -0.1) is 11.8 Å². The van der Waals surface area contributed by atoms with Crippen molar-refractivity contribution in [2.24, 2.45) is 0 Å². The van der Waals surface area contributed by atoms with Crippen molar-refractivity contribution in [1.82, 2.24) is 0 Å². The Balaban J connectivity index is 1.95. The van der Waals surface area contributed by atoms with Crippen molar-refractivity contribution in [3.63, 3.8) is 0 Å². The van der Waals surface area contributed by atoms with Gasteiger partial charge in [-0.2, -0.15) is 0 Å². The van der Waals surface area contributed by atoms with Gasteiger partial charge < -0.3 is 0 Å². The summed E-state index contributed by atoms with van der Waals surface area (Å²) in [5.41, 5.74) is 3.07. The summed E-state index contributed by atoms with van der Waals surface area (Å²) in [6.07, 6.45) is 6.20. The first kappa shape index (κ1) is 12.8. The molecule has 0 saturated heterocycles. The van der Waals surface area contributed by atoms with Crippen LogP contribution < -0.4 is 0 Å². The van der Waals surface area contributed by atoms with Crippen LogP contribution >= 0.6 is 11.8 Å². The molecule has 1 aliphatic carbocycles. The van der Waals surface area contributed by atoms with E-state index in [0.717, 1.165) is 0 Å². The molecule has 0 radical (unpaired) electrons. The zero-order valence-electron chi connectivity index (χ0n) is 11.4. The highest BCUT2D eigenvalue weighted by atomic mass is 32.2. The number of hydrogen-bond acceptors (Lipinski definition) is 1. The highest BCUT2D eigenvalue weighted by Crippen LogP contribution is 2.47. The van der Waals surface area contributed by atoms with E-state index in [1.165, 1.54) is 29.7 Å². The summed E-state index contributed by atoms with van der Waals surface area (Å²) in [7, 11) is 0. The second kappa shape index (κ2) is 5.83. The molecular formula is C18H20S. The maximum atomic E-state index is 2.33. The van der Waals surface area contributed by atoms with Gasteiger partial charge in [-0.05, 0) is 48.1 Å². The van der Waals surface area contributed by atoms with Gasteiger partial charge in [0, 0.05) is 4.90 Å². The number of hydrogen-bond donors (Lipinski definition) is 0. The van der Waals surface area contributed by atoms with Crippen LogP contribution in [0.3, 0.4) is 0 Å². The first-order chi connectivity index (χ1) is 9.40. The third kappa shape index (κ3) is 2.57. The van der Waals surface area contributed by atoms with E-state index in [0.29, 0.717) is 11.8 Å². The number of rotatable bonds is 3. The van der Waals surface area contributed by atoms with Crippen LogP contribution in [0.25, 0.3) is 0 Å². The second-order valence-corrected chi connectivity index (χ2v) is 6.14. The van der Waals surface area contributed by atoms with Crippen LogP contribution in [0.4, 0.5) is 0 Å². The van der Waals surface area contributed by atoms with Crippen LogP contribution in [0.2, 0.25) is 0 Å². The Morgan fingerprint density at radius 3 is 2.32 bits per heavy atom. The molecule has 0 aromatic heterocycles. The van der Waals surface area contributed by atoms with Gasteiger partial charge in [-0.1, -0.05) is 55.0 Å². The van der Waals surface area contributed by atoms with Crippen molar-refractivity contribution >= 4 is 11.8 Å². The molecule has 1 fully saturated rings. The maximum absolute atomic E-state index is 2.33. The molecule has 0 spiro atoms. The van der Waals surface area contributed by atoms with Gasteiger partial charge in [-0.25, -0.2) is 0 Å². The molecule has 1 heteroatoms. The lowest BCUT2D eigenvalue weighted by Crippen LogP contribution is -2.05. The molecule has 98 valence electrons. The lowest BCUT2D eigenvalue weighted by atomic mass is 9.84. The fourth-order valence-electron chi connectivity index (χ4n) is 3.40. The van der Waals surface area contributed by atoms with Crippen molar-refractivity contribution < 1.29 is 0 Å². The van der Waals surface area contributed by atoms with Gasteiger partial charge in [0.2, 0.25) is 0 Å². The van der Waals surface area contributed by atoms with Crippen LogP contribution in [0.15, 0.2) is 59.5 Å². The monoisotopic (exact) mass is 268 g/mol. The van der Waals surface area contributed by atoms with Crippen LogP contribution in [0, 0.1) is 0 Å². The molecule has 0 heterocycles. The number of thioether (sulfide) groups is 1. The Kier molecular flexibility index (Phi) is 3.93. The van der Waals surface area contributed by atoms with Crippen LogP contribution in [0.1, 0.15) is 42.2 Å². The van der Waals surface area contributed by atoms with E-state index in [4.69, 9.17) is 0 Å². The topological polar surface area (TPSA) is 0 Å². The largest absolute Gasteiger partial charge is 0.129 e. The van der Waals surface area contributed by atoms with E-state index in [9.17, 15) is 0 Å². The molecule has 0 amide bonds. The molecule has 0 aliphatic heterocycles. The van der Waals surface area contributed by atoms with Gasteiger partial charge >= 0.3 is 0 Å². The predicted molar refractivity (Wildman–Crippen MR) is 84.0 cm³/mol. The van der Waals surface area contributed by atoms with Crippen LogP contribution in [0.5, 0.6) is 0 Å². The number of benzene rings is 2. The van der Waals surface area contributed by atoms with Crippen LogP contribution in [-0.2, 0) is 0 Å². The Morgan fingerprint density at radius 1 is 0.842 bits per heavy atom. The highest BCUT2D eigenvalue weighted by Gasteiger charge is 2.30. The average Bonchev–Trinajstić information content (AvgIpc) is 2.97. The molecule has 0 nitrogen and oxygen atoms in total. The predicted octanol–water partition coefficient (Wildman–Crippen LogP) is 5.46. The van der Waals surface area contributed by atoms with Gasteiger partial charge in [0.05, 0.1) is 0 Å². The minimum Gasteiger partial charge on any atom is -0.129 e. The van der Waals surface area contributed by atoms with Crippen molar-refractivity contribution in [3.05, 3.63) is 65.7 Å². The van der Waals surface area contributed by atoms with Crippen molar-refractivity contribution in [2.45, 2.75) is 36.0 Å². The third-order valence-electron chi connectivity index (χ3n) is 4.28. The standard InChI is InChI=1S/C18H20S/c1-19-18-13-6-5-10-17(18)16-12-7-11-15(16)14-8-3-2-4-9-14/h2-6,8-10,13,15-16H,7,11-12H2,1H3. The fourth-order valence-corrected chi connectivity index (χ4v) is 4.07. The first-order valence-corrected chi connectivity index (χ1v) is 8.30. The smallest absolute Gasteiger partial charge is 0.0104 e. The minimum atomic E-state index is 0.700. The van der Waals surface area contributed by atoms with Gasteiger partial charge in [0.25, 0.3) is 0 Å². The summed E-state index contributed by atoms with van der Waals surface area (Å²) >= 11 is 1.88. The summed E-state index contributed by atoms with van der Waals surface area (Å²) in [6, 6.07) is 20.0. The first-order valence-electron chi connectivity index (χ1n) is 7.08. The van der Waals surface area contributed by atoms with E-state index in [1.54, 1.807) is 5.56 Å². The Labute approximate surface area is 120 Å². The summed E-state index contributed by atoms with van der Waals surface area (Å²) in [5.74, 6) is 1.40. The van der Waals surface area contributed by atoms with E-state index in [1.807, 2.05) is 11.8 Å². The molecule has 2 atom stereocenters. The lowest BCUT2D eigenvalue weighted by Gasteiger charge is -2.22. The maximum Gasteiger partial charge on any atom is 0.0104 e. The zero-order chi connectivity index (χ0) is 13.1. The fraction of sp³-hybridized carbons (Fsp3) is 0.333. The normalized spacial score (nSPS) is 22.6.